The monoisotopic (exact) mass is 272 g/mol. The van der Waals surface area contributed by atoms with Crippen LogP contribution in [0.25, 0.3) is 0 Å². The van der Waals surface area contributed by atoms with Crippen LogP contribution < -0.4 is 4.74 Å². The third-order valence-corrected chi connectivity index (χ3v) is 2.95. The molecule has 0 amide bonds. The molecule has 2 unspecified atom stereocenters. The maximum atomic E-state index is 9.30. The van der Waals surface area contributed by atoms with Crippen LogP contribution in [0.2, 0.25) is 0 Å². The molecule has 0 aliphatic carbocycles. The van der Waals surface area contributed by atoms with Crippen LogP contribution in [0.15, 0.2) is 28.7 Å². The smallest absolute Gasteiger partial charge is 0.120 e. The molecule has 15 heavy (non-hydrogen) atoms. The topological polar surface area (TPSA) is 29.5 Å². The Morgan fingerprint density at radius 2 is 2.13 bits per heavy atom. The quantitative estimate of drug-likeness (QED) is 0.892. The molecule has 0 saturated heterocycles. The second-order valence-electron chi connectivity index (χ2n) is 3.81. The molecule has 2 nitrogen and oxygen atoms in total. The van der Waals surface area contributed by atoms with E-state index in [4.69, 9.17) is 4.74 Å². The molecule has 3 heteroatoms. The summed E-state index contributed by atoms with van der Waals surface area (Å²) in [5.74, 6) is 1.14. The zero-order chi connectivity index (χ0) is 11.3. The lowest BCUT2D eigenvalue weighted by Gasteiger charge is -2.14. The predicted molar refractivity (Wildman–Crippen MR) is 65.1 cm³/mol. The zero-order valence-electron chi connectivity index (χ0n) is 9.11. The molecular formula is C12H17BrO2. The highest BCUT2D eigenvalue weighted by molar-refractivity contribution is 9.10. The number of halogens is 1. The number of aliphatic hydroxyl groups excluding tert-OH is 1. The van der Waals surface area contributed by atoms with Crippen LogP contribution in [0, 0.1) is 5.92 Å². The molecule has 0 radical (unpaired) electrons. The van der Waals surface area contributed by atoms with Gasteiger partial charge in [0.2, 0.25) is 0 Å². The van der Waals surface area contributed by atoms with E-state index in [0.29, 0.717) is 6.61 Å². The van der Waals surface area contributed by atoms with Crippen LogP contribution in [0.5, 0.6) is 5.75 Å². The first-order valence-corrected chi connectivity index (χ1v) is 5.95. The van der Waals surface area contributed by atoms with Crippen molar-refractivity contribution < 1.29 is 9.84 Å². The molecule has 1 N–H and O–H groups in total. The maximum absolute atomic E-state index is 9.30. The van der Waals surface area contributed by atoms with Crippen molar-refractivity contribution in [3.05, 3.63) is 28.7 Å². The first kappa shape index (κ1) is 12.5. The molecule has 0 bridgehead atoms. The van der Waals surface area contributed by atoms with Crippen LogP contribution in [0.4, 0.5) is 0 Å². The average molecular weight is 273 g/mol. The lowest BCUT2D eigenvalue weighted by Crippen LogP contribution is -2.16. The molecule has 0 spiro atoms. The Hall–Kier alpha value is -0.540. The molecule has 0 saturated carbocycles. The minimum absolute atomic E-state index is 0.267. The Bertz CT molecular complexity index is 299. The van der Waals surface area contributed by atoms with E-state index in [1.165, 1.54) is 0 Å². The van der Waals surface area contributed by atoms with E-state index in [0.717, 1.165) is 16.6 Å². The fraction of sp³-hybridized carbons (Fsp3) is 0.500. The number of hydrogen-bond donors (Lipinski definition) is 1. The molecule has 2 atom stereocenters. The second kappa shape index (κ2) is 6.13. The Morgan fingerprint density at radius 1 is 1.40 bits per heavy atom. The number of ether oxygens (including phenoxy) is 1. The molecule has 84 valence electrons. The van der Waals surface area contributed by atoms with Crippen molar-refractivity contribution in [2.24, 2.45) is 5.92 Å². The average Bonchev–Trinajstić information content (AvgIpc) is 2.17. The summed E-state index contributed by atoms with van der Waals surface area (Å²) in [6.07, 6.45) is 0.598. The van der Waals surface area contributed by atoms with Crippen LogP contribution in [-0.2, 0) is 0 Å². The molecule has 0 heterocycles. The van der Waals surface area contributed by atoms with E-state index in [1.54, 1.807) is 0 Å². The Labute approximate surface area is 99.4 Å². The highest BCUT2D eigenvalue weighted by atomic mass is 79.9. The highest BCUT2D eigenvalue weighted by Gasteiger charge is 2.08. The van der Waals surface area contributed by atoms with Gasteiger partial charge in [0.15, 0.2) is 0 Å². The first-order chi connectivity index (χ1) is 7.09. The number of rotatable bonds is 5. The third kappa shape index (κ3) is 4.67. The van der Waals surface area contributed by atoms with E-state index in [1.807, 2.05) is 38.1 Å². The van der Waals surface area contributed by atoms with Crippen LogP contribution in [-0.4, -0.2) is 17.8 Å². The third-order valence-electron chi connectivity index (χ3n) is 2.46. The van der Waals surface area contributed by atoms with Gasteiger partial charge in [-0.25, -0.2) is 0 Å². The second-order valence-corrected chi connectivity index (χ2v) is 4.73. The maximum Gasteiger partial charge on any atom is 0.120 e. The van der Waals surface area contributed by atoms with E-state index in [-0.39, 0.29) is 12.0 Å². The van der Waals surface area contributed by atoms with Gasteiger partial charge in [-0.2, -0.15) is 0 Å². The summed E-state index contributed by atoms with van der Waals surface area (Å²) in [5.41, 5.74) is 0. The van der Waals surface area contributed by atoms with Gasteiger partial charge in [-0.3, -0.25) is 0 Å². The minimum atomic E-state index is -0.267. The van der Waals surface area contributed by atoms with Crippen molar-refractivity contribution in [3.8, 4) is 5.75 Å². The summed E-state index contributed by atoms with van der Waals surface area (Å²) < 4.78 is 6.58. The fourth-order valence-electron chi connectivity index (χ4n) is 1.16. The summed E-state index contributed by atoms with van der Waals surface area (Å²) in [6.45, 7) is 4.47. The number of aliphatic hydroxyl groups is 1. The Balaban J connectivity index is 2.32. The van der Waals surface area contributed by atoms with Gasteiger partial charge in [0.1, 0.15) is 5.75 Å². The summed E-state index contributed by atoms with van der Waals surface area (Å²) in [6, 6.07) is 7.77. The highest BCUT2D eigenvalue weighted by Crippen LogP contribution is 2.18. The largest absolute Gasteiger partial charge is 0.494 e. The predicted octanol–water partition coefficient (Wildman–Crippen LogP) is 3.23. The van der Waals surface area contributed by atoms with Gasteiger partial charge < -0.3 is 9.84 Å². The van der Waals surface area contributed by atoms with Gasteiger partial charge in [0.05, 0.1) is 12.7 Å². The molecule has 0 aliphatic rings. The SMILES string of the molecule is CC(O)C(C)CCOc1cccc(Br)c1. The lowest BCUT2D eigenvalue weighted by atomic mass is 10.0. The van der Waals surface area contributed by atoms with Crippen LogP contribution >= 0.6 is 15.9 Å². The van der Waals surface area contributed by atoms with E-state index >= 15 is 0 Å². The Morgan fingerprint density at radius 3 is 2.73 bits per heavy atom. The van der Waals surface area contributed by atoms with Crippen molar-refractivity contribution >= 4 is 15.9 Å². The molecule has 1 aromatic rings. The van der Waals surface area contributed by atoms with Crippen LogP contribution in [0.1, 0.15) is 20.3 Å². The molecule has 1 aromatic carbocycles. The molecule has 0 aliphatic heterocycles. The summed E-state index contributed by atoms with van der Waals surface area (Å²) in [7, 11) is 0. The summed E-state index contributed by atoms with van der Waals surface area (Å²) in [5, 5.41) is 9.30. The number of benzene rings is 1. The van der Waals surface area contributed by atoms with Crippen molar-refractivity contribution in [1.29, 1.82) is 0 Å². The van der Waals surface area contributed by atoms with Crippen LogP contribution in [0.3, 0.4) is 0 Å². The molecule has 0 aromatic heterocycles. The van der Waals surface area contributed by atoms with Crippen molar-refractivity contribution in [2.75, 3.05) is 6.61 Å². The van der Waals surface area contributed by atoms with Crippen molar-refractivity contribution in [2.45, 2.75) is 26.4 Å². The molecular weight excluding hydrogens is 256 g/mol. The number of hydrogen-bond acceptors (Lipinski definition) is 2. The van der Waals surface area contributed by atoms with E-state index < -0.39 is 0 Å². The van der Waals surface area contributed by atoms with E-state index in [2.05, 4.69) is 15.9 Å². The Kier molecular flexibility index (Phi) is 5.12. The lowest BCUT2D eigenvalue weighted by molar-refractivity contribution is 0.118. The van der Waals surface area contributed by atoms with Crippen molar-refractivity contribution in [1.82, 2.24) is 0 Å². The van der Waals surface area contributed by atoms with Gasteiger partial charge in [0, 0.05) is 4.47 Å². The van der Waals surface area contributed by atoms with Gasteiger partial charge in [-0.1, -0.05) is 28.9 Å². The van der Waals surface area contributed by atoms with Gasteiger partial charge in [-0.15, -0.1) is 0 Å². The molecule has 0 fully saturated rings. The normalized spacial score (nSPS) is 14.7. The van der Waals surface area contributed by atoms with Gasteiger partial charge in [-0.05, 0) is 37.5 Å². The van der Waals surface area contributed by atoms with Crippen molar-refractivity contribution in [3.63, 3.8) is 0 Å². The van der Waals surface area contributed by atoms with Gasteiger partial charge >= 0.3 is 0 Å². The van der Waals surface area contributed by atoms with E-state index in [9.17, 15) is 5.11 Å². The standard InChI is InChI=1S/C12H17BrO2/c1-9(10(2)14)6-7-15-12-5-3-4-11(13)8-12/h3-5,8-10,14H,6-7H2,1-2H3. The first-order valence-electron chi connectivity index (χ1n) is 5.16. The zero-order valence-corrected chi connectivity index (χ0v) is 10.7. The molecule has 1 rings (SSSR count). The minimum Gasteiger partial charge on any atom is -0.494 e. The fourth-order valence-corrected chi connectivity index (χ4v) is 1.54. The summed E-state index contributed by atoms with van der Waals surface area (Å²) in [4.78, 5) is 0. The van der Waals surface area contributed by atoms with Gasteiger partial charge in [0.25, 0.3) is 0 Å². The summed E-state index contributed by atoms with van der Waals surface area (Å²) >= 11 is 3.39.